The van der Waals surface area contributed by atoms with Crippen molar-refractivity contribution in [1.82, 2.24) is 0 Å². The molecule has 0 fully saturated rings. The fourth-order valence-corrected chi connectivity index (χ4v) is 0.381. The van der Waals surface area contributed by atoms with Crippen molar-refractivity contribution in [2.24, 2.45) is 0 Å². The van der Waals surface area contributed by atoms with Gasteiger partial charge in [0.05, 0.1) is 12.7 Å². The van der Waals surface area contributed by atoms with E-state index < -0.39 is 6.11 Å². The number of ether oxygens (including phenoxy) is 1. The molecule has 1 aliphatic rings. The molecule has 3 heteroatoms. The average molecular weight is 106 g/mol. The number of alkyl halides is 2. The summed E-state index contributed by atoms with van der Waals surface area (Å²) < 4.78 is 27.1. The summed E-state index contributed by atoms with van der Waals surface area (Å²) in [5, 5.41) is 0. The van der Waals surface area contributed by atoms with Crippen molar-refractivity contribution in [2.75, 3.05) is 0 Å². The second-order valence-corrected chi connectivity index (χ2v) is 1.33. The van der Waals surface area contributed by atoms with Crippen molar-refractivity contribution in [2.45, 2.75) is 12.5 Å². The third-order valence-corrected chi connectivity index (χ3v) is 0.692. The van der Waals surface area contributed by atoms with Gasteiger partial charge in [0.2, 0.25) is 0 Å². The number of hydrogen-bond donors (Lipinski definition) is 0. The molecule has 0 atom stereocenters. The lowest BCUT2D eigenvalue weighted by atomic mass is 10.4. The van der Waals surface area contributed by atoms with Crippen LogP contribution in [0.2, 0.25) is 0 Å². The minimum absolute atomic E-state index is 0.285. The molecule has 0 aromatic carbocycles. The van der Waals surface area contributed by atoms with Crippen LogP contribution >= 0.6 is 0 Å². The van der Waals surface area contributed by atoms with E-state index in [4.69, 9.17) is 0 Å². The monoisotopic (exact) mass is 106 g/mol. The highest BCUT2D eigenvalue weighted by Crippen LogP contribution is 2.25. The van der Waals surface area contributed by atoms with Crippen LogP contribution in [-0.2, 0) is 4.74 Å². The van der Waals surface area contributed by atoms with Crippen LogP contribution in [0.25, 0.3) is 0 Å². The Bertz CT molecular complexity index is 87.9. The molecule has 0 amide bonds. The summed E-state index contributed by atoms with van der Waals surface area (Å²) in [7, 11) is 0. The van der Waals surface area contributed by atoms with Crippen molar-refractivity contribution in [3.05, 3.63) is 12.3 Å². The lowest BCUT2D eigenvalue weighted by Crippen LogP contribution is -2.11. The lowest BCUT2D eigenvalue weighted by molar-refractivity contribution is -0.187. The molecular formula is C4H4F2O. The molecule has 0 N–H and O–H groups in total. The van der Waals surface area contributed by atoms with E-state index >= 15 is 0 Å². The second-order valence-electron chi connectivity index (χ2n) is 1.33. The molecule has 40 valence electrons. The Morgan fingerprint density at radius 3 is 2.43 bits per heavy atom. The molecule has 0 spiro atoms. The molecule has 1 rings (SSSR count). The molecular weight excluding hydrogens is 102 g/mol. The maximum absolute atomic E-state index is 11.7. The predicted octanol–water partition coefficient (Wildman–Crippen LogP) is 1.51. The van der Waals surface area contributed by atoms with Gasteiger partial charge in [-0.05, 0) is 6.08 Å². The van der Waals surface area contributed by atoms with E-state index in [0.717, 1.165) is 6.26 Å². The number of rotatable bonds is 0. The van der Waals surface area contributed by atoms with Crippen molar-refractivity contribution >= 4 is 0 Å². The van der Waals surface area contributed by atoms with Gasteiger partial charge in [0.15, 0.2) is 0 Å². The molecule has 0 aromatic rings. The van der Waals surface area contributed by atoms with E-state index in [2.05, 4.69) is 4.74 Å². The predicted molar refractivity (Wildman–Crippen MR) is 19.8 cm³/mol. The summed E-state index contributed by atoms with van der Waals surface area (Å²) in [6.45, 7) is 0. The lowest BCUT2D eigenvalue weighted by Gasteiger charge is -2.04. The van der Waals surface area contributed by atoms with Crippen LogP contribution in [0.4, 0.5) is 8.78 Å². The molecule has 1 heterocycles. The molecule has 0 saturated heterocycles. The molecule has 1 nitrogen and oxygen atoms in total. The highest BCUT2D eigenvalue weighted by molar-refractivity contribution is 4.85. The topological polar surface area (TPSA) is 9.23 Å². The first-order chi connectivity index (χ1) is 3.21. The normalized spacial score (nSPS) is 24.9. The van der Waals surface area contributed by atoms with Gasteiger partial charge in [0, 0.05) is 0 Å². The van der Waals surface area contributed by atoms with Crippen LogP contribution in [0.5, 0.6) is 0 Å². The Balaban J connectivity index is 2.49. The number of hydrogen-bond acceptors (Lipinski definition) is 1. The molecule has 0 aromatic heterocycles. The highest BCUT2D eigenvalue weighted by atomic mass is 19.3. The molecule has 1 aliphatic heterocycles. The summed E-state index contributed by atoms with van der Waals surface area (Å²) in [5.41, 5.74) is 0. The third kappa shape index (κ3) is 0.885. The molecule has 0 aliphatic carbocycles. The van der Waals surface area contributed by atoms with Crippen molar-refractivity contribution < 1.29 is 13.5 Å². The van der Waals surface area contributed by atoms with Gasteiger partial charge in [-0.15, -0.1) is 0 Å². The van der Waals surface area contributed by atoms with Crippen LogP contribution < -0.4 is 0 Å². The van der Waals surface area contributed by atoms with Gasteiger partial charge < -0.3 is 4.74 Å². The fourth-order valence-electron chi connectivity index (χ4n) is 0.381. The first-order valence-corrected chi connectivity index (χ1v) is 1.91. The zero-order valence-electron chi connectivity index (χ0n) is 3.53. The maximum Gasteiger partial charge on any atom is 0.400 e. The summed E-state index contributed by atoms with van der Waals surface area (Å²) in [6.07, 6.45) is -0.896. The van der Waals surface area contributed by atoms with E-state index in [1.807, 2.05) is 0 Å². The van der Waals surface area contributed by atoms with E-state index in [9.17, 15) is 8.78 Å². The minimum Gasteiger partial charge on any atom is -0.441 e. The van der Waals surface area contributed by atoms with Crippen LogP contribution in [-0.4, -0.2) is 6.11 Å². The van der Waals surface area contributed by atoms with Gasteiger partial charge in [-0.25, -0.2) is 0 Å². The van der Waals surface area contributed by atoms with Gasteiger partial charge in [-0.1, -0.05) is 0 Å². The van der Waals surface area contributed by atoms with Gasteiger partial charge >= 0.3 is 6.11 Å². The maximum atomic E-state index is 11.7. The van der Waals surface area contributed by atoms with Crippen LogP contribution in [0.3, 0.4) is 0 Å². The van der Waals surface area contributed by atoms with E-state index in [0.29, 0.717) is 0 Å². The largest absolute Gasteiger partial charge is 0.441 e. The summed E-state index contributed by atoms with van der Waals surface area (Å²) in [6, 6.07) is 0. The van der Waals surface area contributed by atoms with Gasteiger partial charge in [-0.2, -0.15) is 8.78 Å². The standard InChI is InChI=1S/C4H4F2O/c5-4(6)2-1-3-7-4/h1,3H,2H2. The SMILES string of the molecule is FC1(F)CC=CO1. The van der Waals surface area contributed by atoms with Crippen molar-refractivity contribution in [3.63, 3.8) is 0 Å². The zero-order chi connectivity index (χ0) is 5.33. The van der Waals surface area contributed by atoms with Gasteiger partial charge in [0.25, 0.3) is 0 Å². The van der Waals surface area contributed by atoms with Crippen LogP contribution in [0, 0.1) is 0 Å². The fraction of sp³-hybridized carbons (Fsp3) is 0.500. The second kappa shape index (κ2) is 1.18. The molecule has 7 heavy (non-hydrogen) atoms. The van der Waals surface area contributed by atoms with Crippen LogP contribution in [0.1, 0.15) is 6.42 Å². The van der Waals surface area contributed by atoms with Gasteiger partial charge in [-0.3, -0.25) is 0 Å². The molecule has 0 saturated carbocycles. The third-order valence-electron chi connectivity index (χ3n) is 0.692. The van der Waals surface area contributed by atoms with E-state index in [1.165, 1.54) is 6.08 Å². The van der Waals surface area contributed by atoms with Gasteiger partial charge in [0.1, 0.15) is 0 Å². The molecule has 0 unspecified atom stereocenters. The summed E-state index contributed by atoms with van der Waals surface area (Å²) in [5.74, 6) is 0. The first kappa shape index (κ1) is 4.56. The average Bonchev–Trinajstić information content (AvgIpc) is 1.84. The smallest absolute Gasteiger partial charge is 0.400 e. The first-order valence-electron chi connectivity index (χ1n) is 1.91. The van der Waals surface area contributed by atoms with Crippen molar-refractivity contribution in [3.8, 4) is 0 Å². The van der Waals surface area contributed by atoms with E-state index in [1.54, 1.807) is 0 Å². The summed E-state index contributed by atoms with van der Waals surface area (Å²) >= 11 is 0. The Hall–Kier alpha value is -0.600. The number of halogens is 2. The Labute approximate surface area is 39.6 Å². The summed E-state index contributed by atoms with van der Waals surface area (Å²) in [4.78, 5) is 0. The van der Waals surface area contributed by atoms with Crippen molar-refractivity contribution in [1.29, 1.82) is 0 Å². The Morgan fingerprint density at radius 2 is 2.29 bits per heavy atom. The van der Waals surface area contributed by atoms with E-state index in [-0.39, 0.29) is 6.42 Å². The van der Waals surface area contributed by atoms with Crippen LogP contribution in [0.15, 0.2) is 12.3 Å². The Kier molecular flexibility index (Phi) is 0.770. The quantitative estimate of drug-likeness (QED) is 0.454. The highest BCUT2D eigenvalue weighted by Gasteiger charge is 2.31. The Morgan fingerprint density at radius 1 is 1.57 bits per heavy atom. The molecule has 0 radical (unpaired) electrons. The zero-order valence-corrected chi connectivity index (χ0v) is 3.53. The molecule has 0 bridgehead atoms. The minimum atomic E-state index is -2.92.